The van der Waals surface area contributed by atoms with Gasteiger partial charge in [-0.15, -0.1) is 0 Å². The molecule has 0 radical (unpaired) electrons. The normalized spacial score (nSPS) is 20.4. The van der Waals surface area contributed by atoms with Crippen molar-refractivity contribution in [2.45, 2.75) is 32.3 Å². The van der Waals surface area contributed by atoms with Gasteiger partial charge in [0.25, 0.3) is 0 Å². The number of aromatic nitrogens is 1. The highest BCUT2D eigenvalue weighted by molar-refractivity contribution is 5.78. The third-order valence-corrected chi connectivity index (χ3v) is 3.19. The molecule has 2 rings (SSSR count). The van der Waals surface area contributed by atoms with Gasteiger partial charge in [0.2, 0.25) is 5.91 Å². The number of rotatable bonds is 2. The zero-order valence-corrected chi connectivity index (χ0v) is 10.1. The highest BCUT2D eigenvalue weighted by Gasteiger charge is 2.22. The van der Waals surface area contributed by atoms with E-state index < -0.39 is 0 Å². The Kier molecular flexibility index (Phi) is 3.74. The number of amides is 1. The first-order valence-corrected chi connectivity index (χ1v) is 6.03. The van der Waals surface area contributed by atoms with E-state index in [-0.39, 0.29) is 12.0 Å². The van der Waals surface area contributed by atoms with Crippen LogP contribution in [0.1, 0.15) is 24.1 Å². The van der Waals surface area contributed by atoms with Crippen molar-refractivity contribution in [3.63, 3.8) is 0 Å². The minimum absolute atomic E-state index is 0.0607. The van der Waals surface area contributed by atoms with Gasteiger partial charge in [-0.1, -0.05) is 6.07 Å². The van der Waals surface area contributed by atoms with E-state index in [4.69, 9.17) is 0 Å². The third kappa shape index (κ3) is 3.03. The molecular formula is C13H18N2O2. The maximum absolute atomic E-state index is 12.0. The highest BCUT2D eigenvalue weighted by Crippen LogP contribution is 2.12. The lowest BCUT2D eigenvalue weighted by atomic mass is 10.1. The molecule has 1 aromatic heterocycles. The Morgan fingerprint density at radius 3 is 3.18 bits per heavy atom. The molecule has 0 bridgehead atoms. The molecule has 17 heavy (non-hydrogen) atoms. The van der Waals surface area contributed by atoms with Crippen LogP contribution in [-0.4, -0.2) is 40.1 Å². The van der Waals surface area contributed by atoms with Gasteiger partial charge < -0.3 is 10.0 Å². The van der Waals surface area contributed by atoms with Crippen molar-refractivity contribution in [2.24, 2.45) is 0 Å². The Hall–Kier alpha value is -1.42. The molecule has 0 spiro atoms. The van der Waals surface area contributed by atoms with Crippen molar-refractivity contribution in [3.05, 3.63) is 29.6 Å². The molecule has 0 aromatic carbocycles. The number of β-amino-alcohol motifs (C(OH)–C–C–N with tert-alkyl or cyclic N) is 1. The predicted molar refractivity (Wildman–Crippen MR) is 64.5 cm³/mol. The molecule has 92 valence electrons. The zero-order valence-electron chi connectivity index (χ0n) is 10.1. The lowest BCUT2D eigenvalue weighted by Gasteiger charge is -2.30. The lowest BCUT2D eigenvalue weighted by Crippen LogP contribution is -2.43. The number of piperidine rings is 1. The van der Waals surface area contributed by atoms with Crippen LogP contribution in [0.15, 0.2) is 18.3 Å². The molecule has 4 nitrogen and oxygen atoms in total. The van der Waals surface area contributed by atoms with E-state index in [1.54, 1.807) is 11.1 Å². The molecule has 4 heteroatoms. The van der Waals surface area contributed by atoms with Crippen LogP contribution in [0.4, 0.5) is 0 Å². The molecule has 1 saturated heterocycles. The monoisotopic (exact) mass is 234 g/mol. The van der Waals surface area contributed by atoms with Gasteiger partial charge in [-0.25, -0.2) is 0 Å². The molecular weight excluding hydrogens is 216 g/mol. The summed E-state index contributed by atoms with van der Waals surface area (Å²) in [7, 11) is 0. The van der Waals surface area contributed by atoms with Crippen LogP contribution in [0, 0.1) is 6.92 Å². The van der Waals surface area contributed by atoms with E-state index in [0.717, 1.165) is 30.6 Å². The number of aliphatic hydroxyl groups is 1. The maximum atomic E-state index is 12.0. The number of pyridine rings is 1. The maximum Gasteiger partial charge on any atom is 0.228 e. The molecule has 1 aliphatic heterocycles. The van der Waals surface area contributed by atoms with E-state index in [0.29, 0.717) is 13.0 Å². The SMILES string of the molecule is Cc1cccnc1CC(=O)N1CCCC(O)C1. The largest absolute Gasteiger partial charge is 0.391 e. The second-order valence-electron chi connectivity index (χ2n) is 4.58. The Morgan fingerprint density at radius 1 is 1.65 bits per heavy atom. The van der Waals surface area contributed by atoms with Crippen molar-refractivity contribution in [1.82, 2.24) is 9.88 Å². The summed E-state index contributed by atoms with van der Waals surface area (Å²) >= 11 is 0. The first kappa shape index (κ1) is 12.0. The van der Waals surface area contributed by atoms with E-state index in [9.17, 15) is 9.90 Å². The van der Waals surface area contributed by atoms with E-state index in [1.165, 1.54) is 0 Å². The number of hydrogen-bond donors (Lipinski definition) is 1. The topological polar surface area (TPSA) is 53.4 Å². The van der Waals surface area contributed by atoms with Crippen LogP contribution in [0.3, 0.4) is 0 Å². The number of aliphatic hydroxyl groups excluding tert-OH is 1. The number of likely N-dealkylation sites (tertiary alicyclic amines) is 1. The average Bonchev–Trinajstić information content (AvgIpc) is 2.32. The van der Waals surface area contributed by atoms with Gasteiger partial charge in [-0.3, -0.25) is 9.78 Å². The predicted octanol–water partition coefficient (Wildman–Crippen LogP) is 0.916. The van der Waals surface area contributed by atoms with Crippen LogP contribution in [0.2, 0.25) is 0 Å². The number of aryl methyl sites for hydroxylation is 1. The quantitative estimate of drug-likeness (QED) is 0.827. The minimum Gasteiger partial charge on any atom is -0.391 e. The number of carbonyl (C=O) groups excluding carboxylic acids is 1. The lowest BCUT2D eigenvalue weighted by molar-refractivity contribution is -0.133. The van der Waals surface area contributed by atoms with Crippen molar-refractivity contribution in [1.29, 1.82) is 0 Å². The average molecular weight is 234 g/mol. The van der Waals surface area contributed by atoms with Crippen LogP contribution >= 0.6 is 0 Å². The zero-order chi connectivity index (χ0) is 12.3. The third-order valence-electron chi connectivity index (χ3n) is 3.19. The van der Waals surface area contributed by atoms with E-state index >= 15 is 0 Å². The summed E-state index contributed by atoms with van der Waals surface area (Å²) in [5.41, 5.74) is 1.87. The van der Waals surface area contributed by atoms with Gasteiger partial charge in [-0.05, 0) is 31.4 Å². The smallest absolute Gasteiger partial charge is 0.228 e. The number of carbonyl (C=O) groups is 1. The van der Waals surface area contributed by atoms with Crippen molar-refractivity contribution < 1.29 is 9.90 Å². The van der Waals surface area contributed by atoms with Gasteiger partial charge >= 0.3 is 0 Å². The Bertz CT molecular complexity index is 406. The molecule has 1 fully saturated rings. The molecule has 1 amide bonds. The van der Waals surface area contributed by atoms with Gasteiger partial charge in [0, 0.05) is 19.3 Å². The van der Waals surface area contributed by atoms with Gasteiger partial charge in [0.1, 0.15) is 0 Å². The summed E-state index contributed by atoms with van der Waals surface area (Å²) in [6, 6.07) is 3.83. The fourth-order valence-corrected chi connectivity index (χ4v) is 2.14. The minimum atomic E-state index is -0.363. The summed E-state index contributed by atoms with van der Waals surface area (Å²) < 4.78 is 0. The Labute approximate surface area is 101 Å². The molecule has 0 saturated carbocycles. The van der Waals surface area contributed by atoms with Crippen LogP contribution < -0.4 is 0 Å². The number of hydrogen-bond acceptors (Lipinski definition) is 3. The highest BCUT2D eigenvalue weighted by atomic mass is 16.3. The summed E-state index contributed by atoms with van der Waals surface area (Å²) in [6.07, 6.45) is 3.36. The van der Waals surface area contributed by atoms with E-state index in [1.807, 2.05) is 19.1 Å². The second-order valence-corrected chi connectivity index (χ2v) is 4.58. The second kappa shape index (κ2) is 5.27. The van der Waals surface area contributed by atoms with Crippen molar-refractivity contribution >= 4 is 5.91 Å². The molecule has 0 aliphatic carbocycles. The van der Waals surface area contributed by atoms with Crippen LogP contribution in [-0.2, 0) is 11.2 Å². The standard InChI is InChI=1S/C13H18N2O2/c1-10-4-2-6-14-12(10)8-13(17)15-7-3-5-11(16)9-15/h2,4,6,11,16H,3,5,7-9H2,1H3. The van der Waals surface area contributed by atoms with Crippen molar-refractivity contribution in [2.75, 3.05) is 13.1 Å². The van der Waals surface area contributed by atoms with Gasteiger partial charge in [0.15, 0.2) is 0 Å². The number of nitrogens with zero attached hydrogens (tertiary/aromatic N) is 2. The summed E-state index contributed by atoms with van der Waals surface area (Å²) in [6.45, 7) is 3.17. The van der Waals surface area contributed by atoms with Gasteiger partial charge in [0.05, 0.1) is 18.2 Å². The Morgan fingerprint density at radius 2 is 2.47 bits per heavy atom. The molecule has 1 N–H and O–H groups in total. The van der Waals surface area contributed by atoms with E-state index in [2.05, 4.69) is 4.98 Å². The molecule has 1 aliphatic rings. The fourth-order valence-electron chi connectivity index (χ4n) is 2.14. The van der Waals surface area contributed by atoms with Crippen molar-refractivity contribution in [3.8, 4) is 0 Å². The molecule has 2 heterocycles. The first-order chi connectivity index (χ1) is 8.16. The summed E-state index contributed by atoms with van der Waals surface area (Å²) in [5, 5.41) is 9.54. The van der Waals surface area contributed by atoms with Crippen LogP contribution in [0.5, 0.6) is 0 Å². The Balaban J connectivity index is 1.99. The summed E-state index contributed by atoms with van der Waals surface area (Å²) in [4.78, 5) is 18.0. The molecule has 1 atom stereocenters. The first-order valence-electron chi connectivity index (χ1n) is 6.03. The summed E-state index contributed by atoms with van der Waals surface area (Å²) in [5.74, 6) is 0.0607. The fraction of sp³-hybridized carbons (Fsp3) is 0.538. The van der Waals surface area contributed by atoms with Gasteiger partial charge in [-0.2, -0.15) is 0 Å². The molecule has 1 aromatic rings. The molecule has 1 unspecified atom stereocenters. The van der Waals surface area contributed by atoms with Crippen LogP contribution in [0.25, 0.3) is 0 Å².